The maximum Gasteiger partial charge on any atom is 0.258 e. The highest BCUT2D eigenvalue weighted by Crippen LogP contribution is 2.37. The fraction of sp³-hybridized carbons (Fsp3) is 0.190. The number of carbonyl (C=O) groups is 1. The molecule has 6 nitrogen and oxygen atoms in total. The molecule has 0 atom stereocenters. The third-order valence-corrected chi connectivity index (χ3v) is 4.93. The minimum absolute atomic E-state index is 0.225. The molecule has 2 N–H and O–H groups in total. The van der Waals surface area contributed by atoms with Gasteiger partial charge in [0.25, 0.3) is 5.91 Å². The molecule has 0 fully saturated rings. The van der Waals surface area contributed by atoms with Crippen molar-refractivity contribution in [2.24, 2.45) is 7.05 Å². The van der Waals surface area contributed by atoms with Gasteiger partial charge in [-0.2, -0.15) is 5.10 Å². The number of hydrogen-bond donors (Lipinski definition) is 2. The molecule has 1 aliphatic heterocycles. The van der Waals surface area contributed by atoms with E-state index in [4.69, 9.17) is 0 Å². The quantitative estimate of drug-likeness (QED) is 0.676. The number of allylic oxidation sites excluding steroid dienone is 1. The number of nitrogens with one attached hydrogen (secondary N) is 2. The molecule has 0 aliphatic carbocycles. The van der Waals surface area contributed by atoms with Crippen LogP contribution in [0.15, 0.2) is 42.2 Å². The van der Waals surface area contributed by atoms with Gasteiger partial charge in [-0.15, -0.1) is 0 Å². The average Bonchev–Trinajstić information content (AvgIpc) is 3.12. The largest absolute Gasteiger partial charge is 0.342 e. The molecule has 0 saturated heterocycles. The van der Waals surface area contributed by atoms with E-state index in [1.807, 2.05) is 40.0 Å². The van der Waals surface area contributed by atoms with Crippen molar-refractivity contribution >= 4 is 23.0 Å². The van der Waals surface area contributed by atoms with Crippen molar-refractivity contribution in [3.8, 4) is 11.3 Å². The van der Waals surface area contributed by atoms with E-state index in [0.717, 1.165) is 11.3 Å². The van der Waals surface area contributed by atoms with Gasteiger partial charge in [0.05, 0.1) is 23.2 Å². The predicted octanol–water partition coefficient (Wildman–Crippen LogP) is 4.03. The number of aryl methyl sites for hydroxylation is 3. The van der Waals surface area contributed by atoms with Gasteiger partial charge in [0.2, 0.25) is 0 Å². The Labute approximate surface area is 162 Å². The predicted molar refractivity (Wildman–Crippen MR) is 107 cm³/mol. The Kier molecular flexibility index (Phi) is 4.22. The molecule has 0 unspecified atom stereocenters. The van der Waals surface area contributed by atoms with E-state index in [1.54, 1.807) is 23.0 Å². The highest BCUT2D eigenvalue weighted by atomic mass is 19.1. The van der Waals surface area contributed by atoms with Crippen LogP contribution >= 0.6 is 0 Å². The summed E-state index contributed by atoms with van der Waals surface area (Å²) in [6, 6.07) is 8.57. The molecule has 1 amide bonds. The lowest BCUT2D eigenvalue weighted by Crippen LogP contribution is -2.09. The molecule has 2 aromatic heterocycles. The van der Waals surface area contributed by atoms with Crippen molar-refractivity contribution in [1.29, 1.82) is 0 Å². The lowest BCUT2D eigenvalue weighted by Gasteiger charge is -2.10. The average molecular weight is 377 g/mol. The monoisotopic (exact) mass is 377 g/mol. The van der Waals surface area contributed by atoms with Crippen LogP contribution < -0.4 is 10.6 Å². The van der Waals surface area contributed by atoms with Gasteiger partial charge in [0.1, 0.15) is 5.82 Å². The van der Waals surface area contributed by atoms with Crippen LogP contribution in [0.25, 0.3) is 16.8 Å². The standard InChI is InChI=1S/C21H20FN5O/c1-11-6-5-7-15(22)19(11)16-9-14-17(10-23-16)25-21(28)20(14)13(3)24-18-8-12(2)27(4)26-18/h5-10H,1-4H3,(H,24,26)(H,25,28). The molecule has 7 heteroatoms. The molecular formula is C21H20FN5O. The highest BCUT2D eigenvalue weighted by Gasteiger charge is 2.28. The summed E-state index contributed by atoms with van der Waals surface area (Å²) in [6.45, 7) is 5.61. The second kappa shape index (κ2) is 6.60. The van der Waals surface area contributed by atoms with Crippen LogP contribution in [-0.2, 0) is 11.8 Å². The number of rotatable bonds is 3. The van der Waals surface area contributed by atoms with E-state index in [-0.39, 0.29) is 11.7 Å². The summed E-state index contributed by atoms with van der Waals surface area (Å²) >= 11 is 0. The van der Waals surface area contributed by atoms with Gasteiger partial charge in [-0.1, -0.05) is 12.1 Å². The number of carbonyl (C=O) groups excluding carboxylic acids is 1. The van der Waals surface area contributed by atoms with E-state index in [1.165, 1.54) is 6.07 Å². The Morgan fingerprint density at radius 1 is 1.25 bits per heavy atom. The van der Waals surface area contributed by atoms with E-state index in [2.05, 4.69) is 20.7 Å². The summed E-state index contributed by atoms with van der Waals surface area (Å²) in [5.74, 6) is 0.0939. The van der Waals surface area contributed by atoms with Gasteiger partial charge in [0, 0.05) is 35.6 Å². The molecule has 0 spiro atoms. The molecule has 3 heterocycles. The number of halogens is 1. The topological polar surface area (TPSA) is 71.8 Å². The van der Waals surface area contributed by atoms with Crippen molar-refractivity contribution < 1.29 is 9.18 Å². The fourth-order valence-corrected chi connectivity index (χ4v) is 3.41. The Morgan fingerprint density at radius 2 is 2.04 bits per heavy atom. The van der Waals surface area contributed by atoms with E-state index >= 15 is 0 Å². The minimum atomic E-state index is -0.339. The third kappa shape index (κ3) is 2.94. The number of benzene rings is 1. The lowest BCUT2D eigenvalue weighted by atomic mass is 10.00. The summed E-state index contributed by atoms with van der Waals surface area (Å²) in [5, 5.41) is 10.4. The van der Waals surface area contributed by atoms with Gasteiger partial charge >= 0.3 is 0 Å². The van der Waals surface area contributed by atoms with Crippen molar-refractivity contribution in [1.82, 2.24) is 14.8 Å². The van der Waals surface area contributed by atoms with Crippen LogP contribution in [0, 0.1) is 19.7 Å². The first kappa shape index (κ1) is 17.9. The smallest absolute Gasteiger partial charge is 0.258 e. The van der Waals surface area contributed by atoms with Crippen LogP contribution in [-0.4, -0.2) is 20.7 Å². The first-order chi connectivity index (χ1) is 13.3. The number of anilines is 2. The van der Waals surface area contributed by atoms with Crippen LogP contribution in [0.4, 0.5) is 15.9 Å². The third-order valence-electron chi connectivity index (χ3n) is 4.93. The minimum Gasteiger partial charge on any atom is -0.342 e. The number of fused-ring (bicyclic) bond motifs is 1. The van der Waals surface area contributed by atoms with Gasteiger partial charge in [-0.25, -0.2) is 4.39 Å². The van der Waals surface area contributed by atoms with E-state index < -0.39 is 0 Å². The van der Waals surface area contributed by atoms with Crippen molar-refractivity contribution in [3.63, 3.8) is 0 Å². The number of hydrogen-bond acceptors (Lipinski definition) is 4. The number of aromatic nitrogens is 3. The molecule has 1 aromatic carbocycles. The van der Waals surface area contributed by atoms with Crippen molar-refractivity contribution in [2.45, 2.75) is 20.8 Å². The molecule has 1 aliphatic rings. The molecule has 3 aromatic rings. The molecule has 28 heavy (non-hydrogen) atoms. The van der Waals surface area contributed by atoms with Crippen molar-refractivity contribution in [2.75, 3.05) is 10.6 Å². The number of pyridine rings is 1. The highest BCUT2D eigenvalue weighted by molar-refractivity contribution is 6.32. The van der Waals surface area contributed by atoms with Gasteiger partial charge in [-0.05, 0) is 38.5 Å². The normalized spacial score (nSPS) is 14.7. The summed E-state index contributed by atoms with van der Waals surface area (Å²) in [5.41, 5.74) is 5.17. The van der Waals surface area contributed by atoms with E-state index in [9.17, 15) is 9.18 Å². The number of amides is 1. The Morgan fingerprint density at radius 3 is 2.71 bits per heavy atom. The first-order valence-corrected chi connectivity index (χ1v) is 8.91. The maximum atomic E-state index is 14.4. The zero-order chi connectivity index (χ0) is 20.0. The summed E-state index contributed by atoms with van der Waals surface area (Å²) in [4.78, 5) is 16.9. The zero-order valence-electron chi connectivity index (χ0n) is 16.1. The van der Waals surface area contributed by atoms with Gasteiger partial charge in [0.15, 0.2) is 5.82 Å². The van der Waals surface area contributed by atoms with Gasteiger partial charge < -0.3 is 10.6 Å². The molecule has 0 radical (unpaired) electrons. The molecule has 4 rings (SSSR count). The molecular weight excluding hydrogens is 357 g/mol. The lowest BCUT2D eigenvalue weighted by molar-refractivity contribution is -0.110. The summed E-state index contributed by atoms with van der Waals surface area (Å²) in [6.07, 6.45) is 1.57. The van der Waals surface area contributed by atoms with Crippen LogP contribution in [0.2, 0.25) is 0 Å². The maximum absolute atomic E-state index is 14.4. The second-order valence-electron chi connectivity index (χ2n) is 6.92. The first-order valence-electron chi connectivity index (χ1n) is 8.91. The molecule has 142 valence electrons. The van der Waals surface area contributed by atoms with Crippen LogP contribution in [0.3, 0.4) is 0 Å². The second-order valence-corrected chi connectivity index (χ2v) is 6.92. The van der Waals surface area contributed by atoms with Crippen LogP contribution in [0.1, 0.15) is 23.7 Å². The van der Waals surface area contributed by atoms with Crippen LogP contribution in [0.5, 0.6) is 0 Å². The van der Waals surface area contributed by atoms with Gasteiger partial charge in [-0.3, -0.25) is 14.5 Å². The summed E-state index contributed by atoms with van der Waals surface area (Å²) in [7, 11) is 1.86. The Hall–Kier alpha value is -3.48. The SMILES string of the molecule is CC(Nc1cc(C)n(C)n1)=C1C(=O)Nc2cnc(-c3c(C)cccc3F)cc21. The van der Waals surface area contributed by atoms with E-state index in [0.29, 0.717) is 39.6 Å². The summed E-state index contributed by atoms with van der Waals surface area (Å²) < 4.78 is 16.1. The molecule has 0 bridgehead atoms. The molecule has 0 saturated carbocycles. The zero-order valence-corrected chi connectivity index (χ0v) is 16.1. The van der Waals surface area contributed by atoms with Crippen molar-refractivity contribution in [3.05, 3.63) is 64.9 Å². The Balaban J connectivity index is 1.80. The number of nitrogens with zero attached hydrogens (tertiary/aromatic N) is 3. The fourth-order valence-electron chi connectivity index (χ4n) is 3.41. The Bertz CT molecular complexity index is 1110.